The number of nitrogens with two attached hydrogens (primary N) is 1. The number of aliphatic hydroxyl groups is 1. The molecule has 0 aromatic heterocycles. The van der Waals surface area contributed by atoms with Crippen molar-refractivity contribution in [1.29, 1.82) is 0 Å². The number of carboxylic acid groups (broad SMARTS) is 1. The van der Waals surface area contributed by atoms with Crippen molar-refractivity contribution >= 4 is 35.5 Å². The van der Waals surface area contributed by atoms with Gasteiger partial charge >= 0.3 is 5.97 Å². The van der Waals surface area contributed by atoms with Gasteiger partial charge in [0.25, 0.3) is 0 Å². The summed E-state index contributed by atoms with van der Waals surface area (Å²) in [6.07, 6.45) is 2.13. The van der Waals surface area contributed by atoms with Crippen molar-refractivity contribution in [2.45, 2.75) is 31.5 Å². The predicted molar refractivity (Wildman–Crippen MR) is 88.2 cm³/mol. The third-order valence-electron chi connectivity index (χ3n) is 2.94. The molecule has 138 valence electrons. The molecule has 0 aliphatic rings. The van der Waals surface area contributed by atoms with Gasteiger partial charge < -0.3 is 31.9 Å². The van der Waals surface area contributed by atoms with Gasteiger partial charge in [-0.3, -0.25) is 19.2 Å². The van der Waals surface area contributed by atoms with E-state index in [0.717, 1.165) is 0 Å². The third-order valence-corrected chi connectivity index (χ3v) is 3.59. The normalized spacial score (nSPS) is 14.2. The maximum atomic E-state index is 12.1. The summed E-state index contributed by atoms with van der Waals surface area (Å²) >= 11 is 1.46. The van der Waals surface area contributed by atoms with E-state index in [2.05, 4.69) is 16.0 Å². The second-order valence-electron chi connectivity index (χ2n) is 4.97. The summed E-state index contributed by atoms with van der Waals surface area (Å²) in [5.74, 6) is -2.56. The van der Waals surface area contributed by atoms with Crippen molar-refractivity contribution in [3.05, 3.63) is 0 Å². The number of aliphatic hydroxyl groups excluding tert-OH is 1. The van der Waals surface area contributed by atoms with Gasteiger partial charge in [0.15, 0.2) is 0 Å². The van der Waals surface area contributed by atoms with Gasteiger partial charge in [0, 0.05) is 0 Å². The number of nitrogens with one attached hydrogen (secondary N) is 3. The van der Waals surface area contributed by atoms with Crippen molar-refractivity contribution < 1.29 is 29.4 Å². The van der Waals surface area contributed by atoms with Crippen LogP contribution in [0.15, 0.2) is 0 Å². The molecule has 7 N–H and O–H groups in total. The van der Waals surface area contributed by atoms with Gasteiger partial charge in [-0.2, -0.15) is 11.8 Å². The zero-order valence-corrected chi connectivity index (χ0v) is 14.4. The van der Waals surface area contributed by atoms with Crippen LogP contribution in [-0.2, 0) is 19.2 Å². The monoisotopic (exact) mass is 364 g/mol. The lowest BCUT2D eigenvalue weighted by Gasteiger charge is -2.21. The van der Waals surface area contributed by atoms with Crippen LogP contribution in [-0.4, -0.2) is 77.2 Å². The van der Waals surface area contributed by atoms with Crippen molar-refractivity contribution in [1.82, 2.24) is 16.0 Å². The Balaban J connectivity index is 4.69. The molecule has 0 saturated heterocycles. The van der Waals surface area contributed by atoms with Gasteiger partial charge in [0.1, 0.15) is 24.7 Å². The molecule has 0 rings (SSSR count). The summed E-state index contributed by atoms with van der Waals surface area (Å²) in [5, 5.41) is 24.3. The zero-order valence-electron chi connectivity index (χ0n) is 13.6. The Morgan fingerprint density at radius 1 is 1.12 bits per heavy atom. The molecule has 3 unspecified atom stereocenters. The molecule has 0 heterocycles. The number of carbonyl (C=O) groups excluding carboxylic acids is 3. The fourth-order valence-electron chi connectivity index (χ4n) is 1.56. The van der Waals surface area contributed by atoms with Crippen LogP contribution in [0, 0.1) is 0 Å². The maximum Gasteiger partial charge on any atom is 0.322 e. The van der Waals surface area contributed by atoms with E-state index in [-0.39, 0.29) is 0 Å². The lowest BCUT2D eigenvalue weighted by Crippen LogP contribution is -2.55. The quantitative estimate of drug-likeness (QED) is 0.229. The summed E-state index contributed by atoms with van der Waals surface area (Å²) in [7, 11) is 0. The molecule has 0 aliphatic carbocycles. The standard InChI is InChI=1S/C13H24N4O6S/c1-7(16-12(22)8(14)6-18)11(21)17-9(3-4-24-2)13(23)15-5-10(19)20/h7-9,18H,3-6,14H2,1-2H3,(H,15,23)(H,16,22)(H,17,21)(H,19,20). The first-order valence-electron chi connectivity index (χ1n) is 7.18. The Kier molecular flexibility index (Phi) is 10.8. The topological polar surface area (TPSA) is 171 Å². The van der Waals surface area contributed by atoms with Gasteiger partial charge in [-0.15, -0.1) is 0 Å². The average Bonchev–Trinajstić information content (AvgIpc) is 2.54. The van der Waals surface area contributed by atoms with Crippen molar-refractivity contribution in [2.24, 2.45) is 5.73 Å². The lowest BCUT2D eigenvalue weighted by atomic mass is 10.2. The smallest absolute Gasteiger partial charge is 0.322 e. The van der Waals surface area contributed by atoms with E-state index in [1.165, 1.54) is 18.7 Å². The molecule has 10 nitrogen and oxygen atoms in total. The van der Waals surface area contributed by atoms with Gasteiger partial charge in [0.05, 0.1) is 6.61 Å². The van der Waals surface area contributed by atoms with Crippen LogP contribution in [0.1, 0.15) is 13.3 Å². The number of rotatable bonds is 11. The van der Waals surface area contributed by atoms with Crippen LogP contribution in [0.3, 0.4) is 0 Å². The number of hydrogen-bond acceptors (Lipinski definition) is 7. The van der Waals surface area contributed by atoms with Gasteiger partial charge in [-0.1, -0.05) is 0 Å². The Hall–Kier alpha value is -1.85. The number of carbonyl (C=O) groups is 4. The number of carboxylic acids is 1. The summed E-state index contributed by atoms with van der Waals surface area (Å²) in [6, 6.07) is -3.04. The predicted octanol–water partition coefficient (Wildman–Crippen LogP) is -2.75. The minimum Gasteiger partial charge on any atom is -0.480 e. The summed E-state index contributed by atoms with van der Waals surface area (Å²) < 4.78 is 0. The molecule has 24 heavy (non-hydrogen) atoms. The first kappa shape index (κ1) is 22.1. The highest BCUT2D eigenvalue weighted by Gasteiger charge is 2.25. The molecule has 0 aromatic rings. The van der Waals surface area contributed by atoms with Crippen molar-refractivity contribution in [2.75, 3.05) is 25.2 Å². The minimum absolute atomic E-state index is 0.301. The van der Waals surface area contributed by atoms with E-state index in [1.807, 2.05) is 6.26 Å². The summed E-state index contributed by atoms with van der Waals surface area (Å²) in [6.45, 7) is 0.286. The Morgan fingerprint density at radius 3 is 2.25 bits per heavy atom. The van der Waals surface area contributed by atoms with E-state index in [9.17, 15) is 19.2 Å². The van der Waals surface area contributed by atoms with E-state index in [1.54, 1.807) is 0 Å². The molecule has 11 heteroatoms. The molecule has 0 saturated carbocycles. The van der Waals surface area contributed by atoms with E-state index in [0.29, 0.717) is 12.2 Å². The molecular weight excluding hydrogens is 340 g/mol. The Morgan fingerprint density at radius 2 is 1.75 bits per heavy atom. The number of amides is 3. The fraction of sp³-hybridized carbons (Fsp3) is 0.692. The fourth-order valence-corrected chi connectivity index (χ4v) is 2.03. The number of hydrogen-bond donors (Lipinski definition) is 6. The molecular formula is C13H24N4O6S. The molecule has 0 aromatic carbocycles. The van der Waals surface area contributed by atoms with Crippen LogP contribution in [0.4, 0.5) is 0 Å². The molecule has 0 bridgehead atoms. The average molecular weight is 364 g/mol. The highest BCUT2D eigenvalue weighted by Crippen LogP contribution is 2.02. The Labute approximate surface area is 143 Å². The Bertz CT molecular complexity index is 462. The van der Waals surface area contributed by atoms with E-state index < -0.39 is 55.0 Å². The highest BCUT2D eigenvalue weighted by molar-refractivity contribution is 7.98. The number of aliphatic carboxylic acids is 1. The molecule has 3 amide bonds. The SMILES string of the molecule is CSCCC(NC(=O)C(C)NC(=O)C(N)CO)C(=O)NCC(=O)O. The number of thioether (sulfide) groups is 1. The zero-order chi connectivity index (χ0) is 18.7. The summed E-state index contributed by atoms with van der Waals surface area (Å²) in [5.41, 5.74) is 5.33. The van der Waals surface area contributed by atoms with Crippen LogP contribution in [0.5, 0.6) is 0 Å². The van der Waals surface area contributed by atoms with Crippen molar-refractivity contribution in [3.63, 3.8) is 0 Å². The van der Waals surface area contributed by atoms with Crippen LogP contribution in [0.25, 0.3) is 0 Å². The van der Waals surface area contributed by atoms with E-state index >= 15 is 0 Å². The minimum atomic E-state index is -1.20. The first-order valence-corrected chi connectivity index (χ1v) is 8.57. The van der Waals surface area contributed by atoms with Crippen LogP contribution >= 0.6 is 11.8 Å². The van der Waals surface area contributed by atoms with Crippen LogP contribution in [0.2, 0.25) is 0 Å². The summed E-state index contributed by atoms with van der Waals surface area (Å²) in [4.78, 5) is 46.1. The van der Waals surface area contributed by atoms with Crippen molar-refractivity contribution in [3.8, 4) is 0 Å². The van der Waals surface area contributed by atoms with Gasteiger partial charge in [0.2, 0.25) is 17.7 Å². The lowest BCUT2D eigenvalue weighted by molar-refractivity contribution is -0.138. The highest BCUT2D eigenvalue weighted by atomic mass is 32.2. The van der Waals surface area contributed by atoms with Crippen LogP contribution < -0.4 is 21.7 Å². The molecule has 3 atom stereocenters. The molecule has 0 aliphatic heterocycles. The molecule has 0 radical (unpaired) electrons. The first-order chi connectivity index (χ1) is 11.2. The molecule has 0 fully saturated rings. The van der Waals surface area contributed by atoms with Gasteiger partial charge in [-0.25, -0.2) is 0 Å². The second kappa shape index (κ2) is 11.6. The van der Waals surface area contributed by atoms with E-state index in [4.69, 9.17) is 15.9 Å². The third kappa shape index (κ3) is 8.70. The van der Waals surface area contributed by atoms with Gasteiger partial charge in [-0.05, 0) is 25.4 Å². The second-order valence-corrected chi connectivity index (χ2v) is 5.96. The maximum absolute atomic E-state index is 12.1. The largest absolute Gasteiger partial charge is 0.480 e. The molecule has 0 spiro atoms.